The summed E-state index contributed by atoms with van der Waals surface area (Å²) in [6.07, 6.45) is 0.983. The van der Waals surface area contributed by atoms with Crippen molar-refractivity contribution in [3.05, 3.63) is 29.3 Å². The molecule has 0 amide bonds. The van der Waals surface area contributed by atoms with E-state index in [0.717, 1.165) is 4.57 Å². The van der Waals surface area contributed by atoms with Gasteiger partial charge in [-0.3, -0.25) is 0 Å². The molecular weight excluding hydrogens is 222 g/mol. The van der Waals surface area contributed by atoms with Gasteiger partial charge in [-0.05, 0) is 26.0 Å². The summed E-state index contributed by atoms with van der Waals surface area (Å²) in [6.45, 7) is 7.12. The normalized spacial score (nSPS) is 14.1. The first-order valence-corrected chi connectivity index (χ1v) is 5.35. The number of nitrogen functional groups attached to an aromatic ring is 1. The number of nitrogens with two attached hydrogens (primary N) is 1. The van der Waals surface area contributed by atoms with E-state index in [-0.39, 0.29) is 11.7 Å². The summed E-state index contributed by atoms with van der Waals surface area (Å²) in [6, 6.07) is 1.47. The van der Waals surface area contributed by atoms with Crippen LogP contribution in [0.4, 0.5) is 5.82 Å². The smallest absolute Gasteiger partial charge is 0.356 e. The van der Waals surface area contributed by atoms with E-state index in [9.17, 15) is 9.90 Å². The monoisotopic (exact) mass is 239 g/mol. The van der Waals surface area contributed by atoms with Crippen molar-refractivity contribution < 1.29 is 9.84 Å². The lowest BCUT2D eigenvalue weighted by atomic mass is 10.2. The zero-order chi connectivity index (χ0) is 13.0. The lowest BCUT2D eigenvalue weighted by molar-refractivity contribution is 0.0235. The maximum absolute atomic E-state index is 11.5. The average molecular weight is 239 g/mol. The van der Waals surface area contributed by atoms with Gasteiger partial charge < -0.3 is 15.6 Å². The molecular formula is C11H17N3O3. The van der Waals surface area contributed by atoms with Crippen LogP contribution in [0.15, 0.2) is 23.6 Å². The second kappa shape index (κ2) is 5.49. The fourth-order valence-corrected chi connectivity index (χ4v) is 1.36. The summed E-state index contributed by atoms with van der Waals surface area (Å²) in [7, 11) is 0. The molecule has 0 saturated heterocycles. The SMILES string of the molecule is C=C(O[C@H](CC)[C@@H](C)O)n1ccc(N)nc1=O. The predicted octanol–water partition coefficient (Wildman–Crippen LogP) is 0.430. The predicted molar refractivity (Wildman–Crippen MR) is 65.1 cm³/mol. The van der Waals surface area contributed by atoms with Crippen LogP contribution in [0.2, 0.25) is 0 Å². The van der Waals surface area contributed by atoms with E-state index >= 15 is 0 Å². The highest BCUT2D eigenvalue weighted by atomic mass is 16.5. The minimum atomic E-state index is -0.644. The number of rotatable bonds is 5. The molecule has 3 N–H and O–H groups in total. The Morgan fingerprint density at radius 2 is 2.41 bits per heavy atom. The third-order valence-corrected chi connectivity index (χ3v) is 2.32. The molecule has 0 aromatic carbocycles. The molecule has 17 heavy (non-hydrogen) atoms. The fourth-order valence-electron chi connectivity index (χ4n) is 1.36. The lowest BCUT2D eigenvalue weighted by Crippen LogP contribution is -2.29. The van der Waals surface area contributed by atoms with Crippen molar-refractivity contribution >= 4 is 11.7 Å². The van der Waals surface area contributed by atoms with Crippen LogP contribution in [0.1, 0.15) is 20.3 Å². The highest BCUT2D eigenvalue weighted by Crippen LogP contribution is 2.11. The van der Waals surface area contributed by atoms with Crippen molar-refractivity contribution in [2.75, 3.05) is 5.73 Å². The van der Waals surface area contributed by atoms with Gasteiger partial charge in [-0.25, -0.2) is 9.36 Å². The summed E-state index contributed by atoms with van der Waals surface area (Å²) in [5.74, 6) is 0.261. The van der Waals surface area contributed by atoms with Crippen LogP contribution < -0.4 is 11.4 Å². The third kappa shape index (κ3) is 3.32. The van der Waals surface area contributed by atoms with Crippen molar-refractivity contribution in [1.29, 1.82) is 0 Å². The van der Waals surface area contributed by atoms with Crippen molar-refractivity contribution in [3.8, 4) is 0 Å². The Morgan fingerprint density at radius 3 is 2.88 bits per heavy atom. The van der Waals surface area contributed by atoms with E-state index in [2.05, 4.69) is 11.6 Å². The van der Waals surface area contributed by atoms with Gasteiger partial charge >= 0.3 is 5.69 Å². The number of aromatic nitrogens is 2. The van der Waals surface area contributed by atoms with E-state index in [1.54, 1.807) is 6.92 Å². The Balaban J connectivity index is 2.86. The minimum absolute atomic E-state index is 0.121. The summed E-state index contributed by atoms with van der Waals surface area (Å²) >= 11 is 0. The molecule has 0 bridgehead atoms. The van der Waals surface area contributed by atoms with Gasteiger partial charge in [0.05, 0.1) is 6.10 Å². The van der Waals surface area contributed by atoms with Gasteiger partial charge in [0.2, 0.25) is 0 Å². The molecule has 6 nitrogen and oxygen atoms in total. The molecule has 6 heteroatoms. The lowest BCUT2D eigenvalue weighted by Gasteiger charge is -2.21. The Morgan fingerprint density at radius 1 is 1.76 bits per heavy atom. The van der Waals surface area contributed by atoms with Gasteiger partial charge in [0.25, 0.3) is 0 Å². The maximum atomic E-state index is 11.5. The highest BCUT2D eigenvalue weighted by Gasteiger charge is 2.16. The molecule has 1 aromatic rings. The van der Waals surface area contributed by atoms with Crippen LogP contribution in [-0.2, 0) is 4.74 Å². The molecule has 0 radical (unpaired) electrons. The first-order chi connectivity index (χ1) is 7.95. The third-order valence-electron chi connectivity index (χ3n) is 2.32. The number of hydrogen-bond acceptors (Lipinski definition) is 5. The van der Waals surface area contributed by atoms with Crippen molar-refractivity contribution in [3.63, 3.8) is 0 Å². The maximum Gasteiger partial charge on any atom is 0.356 e. The van der Waals surface area contributed by atoms with Crippen LogP contribution in [0, 0.1) is 0 Å². The molecule has 0 aliphatic rings. The Bertz CT molecular complexity index is 454. The van der Waals surface area contributed by atoms with Gasteiger partial charge in [-0.15, -0.1) is 0 Å². The molecule has 1 aromatic heterocycles. The average Bonchev–Trinajstić information content (AvgIpc) is 2.24. The fraction of sp³-hybridized carbons (Fsp3) is 0.455. The molecule has 94 valence electrons. The quantitative estimate of drug-likeness (QED) is 0.727. The van der Waals surface area contributed by atoms with Crippen molar-refractivity contribution in [2.24, 2.45) is 0 Å². The van der Waals surface area contributed by atoms with Crippen LogP contribution in [-0.4, -0.2) is 26.9 Å². The molecule has 0 saturated carbocycles. The molecule has 0 aliphatic carbocycles. The topological polar surface area (TPSA) is 90.4 Å². The number of anilines is 1. The van der Waals surface area contributed by atoms with E-state index < -0.39 is 17.9 Å². The van der Waals surface area contributed by atoms with E-state index in [0.29, 0.717) is 6.42 Å². The number of aliphatic hydroxyl groups is 1. The first kappa shape index (κ1) is 13.2. The summed E-state index contributed by atoms with van der Waals surface area (Å²) in [5, 5.41) is 9.43. The van der Waals surface area contributed by atoms with Gasteiger partial charge in [-0.2, -0.15) is 4.98 Å². The van der Waals surface area contributed by atoms with Gasteiger partial charge in [0.15, 0.2) is 5.88 Å². The van der Waals surface area contributed by atoms with Crippen LogP contribution >= 0.6 is 0 Å². The Kier molecular flexibility index (Phi) is 4.28. The second-order valence-corrected chi connectivity index (χ2v) is 3.70. The van der Waals surface area contributed by atoms with E-state index in [1.807, 2.05) is 6.92 Å². The Labute approximate surface area is 99.4 Å². The van der Waals surface area contributed by atoms with Crippen LogP contribution in [0.25, 0.3) is 5.88 Å². The van der Waals surface area contributed by atoms with Crippen molar-refractivity contribution in [1.82, 2.24) is 9.55 Å². The number of hydrogen-bond donors (Lipinski definition) is 2. The second-order valence-electron chi connectivity index (χ2n) is 3.70. The summed E-state index contributed by atoms with van der Waals surface area (Å²) < 4.78 is 6.55. The molecule has 2 atom stereocenters. The van der Waals surface area contributed by atoms with E-state index in [1.165, 1.54) is 12.3 Å². The number of nitrogens with zero attached hydrogens (tertiary/aromatic N) is 2. The number of aliphatic hydroxyl groups excluding tert-OH is 1. The molecule has 0 spiro atoms. The minimum Gasteiger partial charge on any atom is -0.473 e. The zero-order valence-corrected chi connectivity index (χ0v) is 9.96. The molecule has 0 unspecified atom stereocenters. The molecule has 1 heterocycles. The number of ether oxygens (including phenoxy) is 1. The zero-order valence-electron chi connectivity index (χ0n) is 9.96. The van der Waals surface area contributed by atoms with Gasteiger partial charge in [0, 0.05) is 6.20 Å². The summed E-state index contributed by atoms with van der Waals surface area (Å²) in [4.78, 5) is 15.0. The van der Waals surface area contributed by atoms with Crippen molar-refractivity contribution in [2.45, 2.75) is 32.5 Å². The Hall–Kier alpha value is -1.82. The molecule has 0 fully saturated rings. The van der Waals surface area contributed by atoms with E-state index in [4.69, 9.17) is 10.5 Å². The first-order valence-electron chi connectivity index (χ1n) is 5.35. The summed E-state index contributed by atoms with van der Waals surface area (Å²) in [5.41, 5.74) is 4.81. The highest BCUT2D eigenvalue weighted by molar-refractivity contribution is 5.34. The molecule has 0 aliphatic heterocycles. The van der Waals surface area contributed by atoms with Crippen LogP contribution in [0.5, 0.6) is 0 Å². The van der Waals surface area contributed by atoms with Gasteiger partial charge in [-0.1, -0.05) is 6.92 Å². The largest absolute Gasteiger partial charge is 0.473 e. The molecule has 1 rings (SSSR count). The van der Waals surface area contributed by atoms with Crippen LogP contribution in [0.3, 0.4) is 0 Å². The van der Waals surface area contributed by atoms with Gasteiger partial charge in [0.1, 0.15) is 11.9 Å². The standard InChI is InChI=1S/C11H17N3O3/c1-4-9(7(2)15)17-8(3)14-6-5-10(12)13-11(14)16/h5-7,9,15H,3-4H2,1-2H3,(H2,12,13,16)/t7-,9-/m1/s1.